The smallest absolute Gasteiger partial charge is 0.249 e. The molecule has 1 amide bonds. The molecular weight excluding hydrogens is 142 g/mol. The van der Waals surface area contributed by atoms with Crippen molar-refractivity contribution in [3.63, 3.8) is 0 Å². The first-order valence-electron chi connectivity index (χ1n) is 3.67. The van der Waals surface area contributed by atoms with Gasteiger partial charge >= 0.3 is 0 Å². The standard InChI is InChI=1S/C8H11NO2/c1-2-5-9-8(10)7-4-3-6-11-7/h1,7H,3-6H2,(H,9,10). The summed E-state index contributed by atoms with van der Waals surface area (Å²) in [6.45, 7) is 0.979. The molecule has 1 unspecified atom stereocenters. The molecule has 0 aromatic rings. The van der Waals surface area contributed by atoms with E-state index < -0.39 is 0 Å². The molecule has 11 heavy (non-hydrogen) atoms. The highest BCUT2D eigenvalue weighted by Crippen LogP contribution is 2.11. The van der Waals surface area contributed by atoms with Crippen LogP contribution in [0.5, 0.6) is 0 Å². The quantitative estimate of drug-likeness (QED) is 0.563. The van der Waals surface area contributed by atoms with Crippen molar-refractivity contribution in [2.75, 3.05) is 13.2 Å². The van der Waals surface area contributed by atoms with E-state index in [2.05, 4.69) is 11.2 Å². The molecule has 1 N–H and O–H groups in total. The topological polar surface area (TPSA) is 38.3 Å². The zero-order chi connectivity index (χ0) is 8.10. The lowest BCUT2D eigenvalue weighted by Crippen LogP contribution is -2.34. The Bertz CT molecular complexity index is 177. The molecule has 0 aromatic heterocycles. The van der Waals surface area contributed by atoms with Crippen molar-refractivity contribution in [1.29, 1.82) is 0 Å². The molecule has 1 aliphatic heterocycles. The van der Waals surface area contributed by atoms with Gasteiger partial charge in [0.15, 0.2) is 0 Å². The van der Waals surface area contributed by atoms with Crippen LogP contribution in [-0.4, -0.2) is 25.2 Å². The maximum atomic E-state index is 11.1. The van der Waals surface area contributed by atoms with Crippen LogP contribution in [0.25, 0.3) is 0 Å². The lowest BCUT2D eigenvalue weighted by atomic mass is 10.2. The van der Waals surface area contributed by atoms with Gasteiger partial charge in [-0.15, -0.1) is 6.42 Å². The van der Waals surface area contributed by atoms with Crippen LogP contribution >= 0.6 is 0 Å². The summed E-state index contributed by atoms with van der Waals surface area (Å²) in [7, 11) is 0. The number of nitrogens with one attached hydrogen (secondary N) is 1. The predicted octanol–water partition coefficient (Wildman–Crippen LogP) is -0.0852. The molecule has 3 nitrogen and oxygen atoms in total. The van der Waals surface area contributed by atoms with Crippen molar-refractivity contribution < 1.29 is 9.53 Å². The van der Waals surface area contributed by atoms with E-state index in [-0.39, 0.29) is 12.0 Å². The Balaban J connectivity index is 2.24. The molecule has 1 rings (SSSR count). The molecule has 1 saturated heterocycles. The molecule has 1 aliphatic rings. The molecule has 0 spiro atoms. The minimum Gasteiger partial charge on any atom is -0.368 e. The molecular formula is C8H11NO2. The monoisotopic (exact) mass is 153 g/mol. The summed E-state index contributed by atoms with van der Waals surface area (Å²) in [5, 5.41) is 2.57. The predicted molar refractivity (Wildman–Crippen MR) is 40.8 cm³/mol. The molecule has 0 saturated carbocycles. The van der Waals surface area contributed by atoms with Gasteiger partial charge < -0.3 is 10.1 Å². The summed E-state index contributed by atoms with van der Waals surface area (Å²) < 4.78 is 5.13. The fourth-order valence-electron chi connectivity index (χ4n) is 1.04. The van der Waals surface area contributed by atoms with Gasteiger partial charge in [-0.05, 0) is 12.8 Å². The number of ether oxygens (including phenoxy) is 1. The van der Waals surface area contributed by atoms with E-state index in [4.69, 9.17) is 11.2 Å². The SMILES string of the molecule is C#CCNC(=O)C1CCCO1. The molecule has 0 bridgehead atoms. The number of hydrogen-bond donors (Lipinski definition) is 1. The van der Waals surface area contributed by atoms with Gasteiger partial charge in [-0.25, -0.2) is 0 Å². The maximum Gasteiger partial charge on any atom is 0.249 e. The fourth-order valence-corrected chi connectivity index (χ4v) is 1.04. The Labute approximate surface area is 66.1 Å². The summed E-state index contributed by atoms with van der Waals surface area (Å²) in [5.74, 6) is 2.25. The van der Waals surface area contributed by atoms with Crippen molar-refractivity contribution in [3.05, 3.63) is 0 Å². The highest BCUT2D eigenvalue weighted by molar-refractivity contribution is 5.81. The molecule has 1 fully saturated rings. The Hall–Kier alpha value is -1.01. The van der Waals surface area contributed by atoms with Crippen LogP contribution in [0.2, 0.25) is 0 Å². The summed E-state index contributed by atoms with van der Waals surface area (Å²) in [4.78, 5) is 11.1. The number of carbonyl (C=O) groups excluding carboxylic acids is 1. The third kappa shape index (κ3) is 2.24. The van der Waals surface area contributed by atoms with Crippen molar-refractivity contribution in [3.8, 4) is 12.3 Å². The average Bonchev–Trinajstić information content (AvgIpc) is 2.52. The molecule has 0 aromatic carbocycles. The van der Waals surface area contributed by atoms with Gasteiger partial charge in [-0.1, -0.05) is 5.92 Å². The van der Waals surface area contributed by atoms with Crippen molar-refractivity contribution in [1.82, 2.24) is 5.32 Å². The Morgan fingerprint density at radius 3 is 3.18 bits per heavy atom. The Morgan fingerprint density at radius 2 is 2.64 bits per heavy atom. The van der Waals surface area contributed by atoms with E-state index in [0.717, 1.165) is 12.8 Å². The van der Waals surface area contributed by atoms with Gasteiger partial charge in [0.05, 0.1) is 6.54 Å². The molecule has 0 aliphatic carbocycles. The lowest BCUT2D eigenvalue weighted by molar-refractivity contribution is -0.129. The molecule has 1 heterocycles. The Kier molecular flexibility index (Phi) is 2.94. The number of hydrogen-bond acceptors (Lipinski definition) is 2. The molecule has 1 atom stereocenters. The van der Waals surface area contributed by atoms with E-state index in [1.54, 1.807) is 0 Å². The number of rotatable bonds is 2. The molecule has 3 heteroatoms. The highest BCUT2D eigenvalue weighted by atomic mass is 16.5. The van der Waals surface area contributed by atoms with Gasteiger partial charge in [0.1, 0.15) is 6.10 Å². The van der Waals surface area contributed by atoms with Crippen molar-refractivity contribution in [2.45, 2.75) is 18.9 Å². The van der Waals surface area contributed by atoms with Gasteiger partial charge in [0.2, 0.25) is 5.91 Å². The molecule has 0 radical (unpaired) electrons. The third-order valence-corrected chi connectivity index (χ3v) is 1.59. The first-order valence-corrected chi connectivity index (χ1v) is 3.67. The lowest BCUT2D eigenvalue weighted by Gasteiger charge is -2.07. The summed E-state index contributed by atoms with van der Waals surface area (Å²) in [6, 6.07) is 0. The first-order chi connectivity index (χ1) is 5.34. The summed E-state index contributed by atoms with van der Waals surface area (Å²) >= 11 is 0. The number of carbonyl (C=O) groups is 1. The third-order valence-electron chi connectivity index (χ3n) is 1.59. The van der Waals surface area contributed by atoms with Crippen LogP contribution in [0, 0.1) is 12.3 Å². The molecule has 60 valence electrons. The van der Waals surface area contributed by atoms with E-state index in [0.29, 0.717) is 13.2 Å². The van der Waals surface area contributed by atoms with Crippen LogP contribution in [0.1, 0.15) is 12.8 Å². The second-order valence-electron chi connectivity index (χ2n) is 2.42. The zero-order valence-corrected chi connectivity index (χ0v) is 6.30. The second-order valence-corrected chi connectivity index (χ2v) is 2.42. The van der Waals surface area contributed by atoms with Crippen LogP contribution < -0.4 is 5.32 Å². The van der Waals surface area contributed by atoms with E-state index in [1.807, 2.05) is 0 Å². The normalized spacial score (nSPS) is 22.6. The van der Waals surface area contributed by atoms with Crippen LogP contribution in [0.4, 0.5) is 0 Å². The minimum absolute atomic E-state index is 0.0829. The highest BCUT2D eigenvalue weighted by Gasteiger charge is 2.22. The van der Waals surface area contributed by atoms with E-state index >= 15 is 0 Å². The van der Waals surface area contributed by atoms with Crippen LogP contribution in [0.3, 0.4) is 0 Å². The minimum atomic E-state index is -0.261. The fraction of sp³-hybridized carbons (Fsp3) is 0.625. The number of terminal acetylenes is 1. The Morgan fingerprint density at radius 1 is 1.82 bits per heavy atom. The van der Waals surface area contributed by atoms with Gasteiger partial charge in [0, 0.05) is 6.61 Å². The van der Waals surface area contributed by atoms with Crippen molar-refractivity contribution in [2.24, 2.45) is 0 Å². The van der Waals surface area contributed by atoms with Gasteiger partial charge in [-0.3, -0.25) is 4.79 Å². The maximum absolute atomic E-state index is 11.1. The van der Waals surface area contributed by atoms with E-state index in [9.17, 15) is 4.79 Å². The van der Waals surface area contributed by atoms with Crippen molar-refractivity contribution >= 4 is 5.91 Å². The second kappa shape index (κ2) is 3.99. The van der Waals surface area contributed by atoms with Crippen LogP contribution in [0.15, 0.2) is 0 Å². The first kappa shape index (κ1) is 8.09. The summed E-state index contributed by atoms with van der Waals surface area (Å²) in [6.07, 6.45) is 6.49. The van der Waals surface area contributed by atoms with Crippen LogP contribution in [-0.2, 0) is 9.53 Å². The van der Waals surface area contributed by atoms with Gasteiger partial charge in [-0.2, -0.15) is 0 Å². The van der Waals surface area contributed by atoms with E-state index in [1.165, 1.54) is 0 Å². The van der Waals surface area contributed by atoms with Gasteiger partial charge in [0.25, 0.3) is 0 Å². The zero-order valence-electron chi connectivity index (χ0n) is 6.30. The number of amides is 1. The average molecular weight is 153 g/mol. The summed E-state index contributed by atoms with van der Waals surface area (Å²) in [5.41, 5.74) is 0. The largest absolute Gasteiger partial charge is 0.368 e.